The fourth-order valence-electron chi connectivity index (χ4n) is 4.01. The van der Waals surface area contributed by atoms with E-state index in [1.54, 1.807) is 44.2 Å². The van der Waals surface area contributed by atoms with Crippen molar-refractivity contribution in [1.82, 2.24) is 10.2 Å². The van der Waals surface area contributed by atoms with E-state index in [1.165, 1.54) is 23.1 Å². The molecular weight excluding hydrogens is 534 g/mol. The maximum absolute atomic E-state index is 14.0. The molecule has 3 aromatic carbocycles. The number of hydrogen-bond acceptors (Lipinski definition) is 4. The van der Waals surface area contributed by atoms with Gasteiger partial charge in [-0.3, -0.25) is 13.9 Å². The molecule has 9 heteroatoms. The lowest BCUT2D eigenvalue weighted by atomic mass is 10.1. The molecule has 0 heterocycles. The number of nitrogens with one attached hydrogen (secondary N) is 1. The minimum Gasteiger partial charge on any atom is -0.354 e. The van der Waals surface area contributed by atoms with Gasteiger partial charge >= 0.3 is 0 Å². The third-order valence-corrected chi connectivity index (χ3v) is 8.38. The Balaban J connectivity index is 2.03. The van der Waals surface area contributed by atoms with Crippen LogP contribution in [0.15, 0.2) is 77.7 Å². The molecule has 3 aromatic rings. The monoisotopic (exact) mass is 569 g/mol. The highest BCUT2D eigenvalue weighted by molar-refractivity contribution is 7.92. The number of amides is 2. The Morgan fingerprint density at radius 2 is 1.56 bits per heavy atom. The zero-order chi connectivity index (χ0) is 28.7. The molecule has 0 bridgehead atoms. The molecule has 0 unspecified atom stereocenters. The zero-order valence-corrected chi connectivity index (χ0v) is 24.6. The Labute approximate surface area is 236 Å². The highest BCUT2D eigenvalue weighted by Gasteiger charge is 2.33. The fourth-order valence-corrected chi connectivity index (χ4v) is 5.67. The average Bonchev–Trinajstić information content (AvgIpc) is 2.91. The summed E-state index contributed by atoms with van der Waals surface area (Å²) in [5, 5.41) is 3.23. The van der Waals surface area contributed by atoms with Gasteiger partial charge in [-0.05, 0) is 62.1 Å². The van der Waals surface area contributed by atoms with Gasteiger partial charge in [-0.2, -0.15) is 0 Å². The van der Waals surface area contributed by atoms with Crippen molar-refractivity contribution in [2.45, 2.75) is 52.1 Å². The van der Waals surface area contributed by atoms with Crippen LogP contribution in [0.5, 0.6) is 0 Å². The maximum atomic E-state index is 14.0. The van der Waals surface area contributed by atoms with Crippen LogP contribution in [0.2, 0.25) is 5.02 Å². The molecule has 0 aliphatic heterocycles. The quantitative estimate of drug-likeness (QED) is 0.338. The molecule has 208 valence electrons. The summed E-state index contributed by atoms with van der Waals surface area (Å²) in [5.41, 5.74) is 2.83. The topological polar surface area (TPSA) is 86.8 Å². The molecule has 39 heavy (non-hydrogen) atoms. The standard InChI is InChI=1S/C30H36ClN3O4S/c1-21(2)18-32-30(36)24(5)33(19-25-14-11-22(3)12-15-25)29(35)20-34(28-17-26(31)16-13-23(28)4)39(37,38)27-9-7-6-8-10-27/h6-17,21,24H,18-20H2,1-5H3,(H,32,36)/t24-/m0/s1. The smallest absolute Gasteiger partial charge is 0.264 e. The van der Waals surface area contributed by atoms with Crippen molar-refractivity contribution in [1.29, 1.82) is 0 Å². The Bertz CT molecular complexity index is 1390. The van der Waals surface area contributed by atoms with Crippen molar-refractivity contribution >= 4 is 39.1 Å². The van der Waals surface area contributed by atoms with Crippen LogP contribution in [0.3, 0.4) is 0 Å². The summed E-state index contributed by atoms with van der Waals surface area (Å²) in [6.07, 6.45) is 0. The molecule has 0 saturated carbocycles. The van der Waals surface area contributed by atoms with Gasteiger partial charge in [0.15, 0.2) is 0 Å². The van der Waals surface area contributed by atoms with Gasteiger partial charge < -0.3 is 10.2 Å². The molecule has 7 nitrogen and oxygen atoms in total. The summed E-state index contributed by atoms with van der Waals surface area (Å²) >= 11 is 6.26. The second-order valence-electron chi connectivity index (χ2n) is 10.1. The normalized spacial score (nSPS) is 12.2. The highest BCUT2D eigenvalue weighted by Crippen LogP contribution is 2.30. The molecular formula is C30H36ClN3O4S. The van der Waals surface area contributed by atoms with Gasteiger partial charge in [0.2, 0.25) is 11.8 Å². The van der Waals surface area contributed by atoms with Crippen LogP contribution in [0.4, 0.5) is 5.69 Å². The summed E-state index contributed by atoms with van der Waals surface area (Å²) in [6.45, 7) is 9.45. The lowest BCUT2D eigenvalue weighted by Crippen LogP contribution is -2.51. The Morgan fingerprint density at radius 3 is 2.18 bits per heavy atom. The first-order valence-electron chi connectivity index (χ1n) is 12.9. The van der Waals surface area contributed by atoms with Crippen LogP contribution < -0.4 is 9.62 Å². The van der Waals surface area contributed by atoms with Crippen molar-refractivity contribution in [3.63, 3.8) is 0 Å². The molecule has 3 rings (SSSR count). The second kappa shape index (κ2) is 13.1. The van der Waals surface area contributed by atoms with Crippen LogP contribution in [0.1, 0.15) is 37.5 Å². The van der Waals surface area contributed by atoms with Crippen LogP contribution in [0, 0.1) is 19.8 Å². The van der Waals surface area contributed by atoms with E-state index in [0.717, 1.165) is 15.4 Å². The van der Waals surface area contributed by atoms with E-state index >= 15 is 0 Å². The summed E-state index contributed by atoms with van der Waals surface area (Å²) in [5.74, 6) is -0.582. The van der Waals surface area contributed by atoms with E-state index in [9.17, 15) is 18.0 Å². The number of carbonyl (C=O) groups excluding carboxylic acids is 2. The number of hydrogen-bond donors (Lipinski definition) is 1. The largest absolute Gasteiger partial charge is 0.354 e. The molecule has 0 spiro atoms. The lowest BCUT2D eigenvalue weighted by molar-refractivity contribution is -0.139. The predicted molar refractivity (Wildman–Crippen MR) is 156 cm³/mol. The van der Waals surface area contributed by atoms with Gasteiger partial charge in [0.05, 0.1) is 10.6 Å². The van der Waals surface area contributed by atoms with Gasteiger partial charge in [-0.1, -0.05) is 79.5 Å². The number of aryl methyl sites for hydroxylation is 2. The molecule has 1 N–H and O–H groups in total. The molecule has 0 radical (unpaired) electrons. The third kappa shape index (κ3) is 7.83. The lowest BCUT2D eigenvalue weighted by Gasteiger charge is -2.32. The van der Waals surface area contributed by atoms with E-state index in [0.29, 0.717) is 22.8 Å². The van der Waals surface area contributed by atoms with Crippen molar-refractivity contribution < 1.29 is 18.0 Å². The Hall–Kier alpha value is -3.36. The van der Waals surface area contributed by atoms with Crippen LogP contribution in [-0.4, -0.2) is 44.3 Å². The Morgan fingerprint density at radius 1 is 0.923 bits per heavy atom. The number of halogens is 1. The number of carbonyl (C=O) groups is 2. The van der Waals surface area contributed by atoms with Crippen LogP contribution in [0.25, 0.3) is 0 Å². The zero-order valence-electron chi connectivity index (χ0n) is 23.0. The highest BCUT2D eigenvalue weighted by atomic mass is 35.5. The van der Waals surface area contributed by atoms with E-state index in [4.69, 9.17) is 11.6 Å². The van der Waals surface area contributed by atoms with Crippen molar-refractivity contribution in [3.05, 3.63) is 94.5 Å². The number of anilines is 1. The second-order valence-corrected chi connectivity index (χ2v) is 12.4. The third-order valence-electron chi connectivity index (χ3n) is 6.38. The molecule has 0 aliphatic carbocycles. The van der Waals surface area contributed by atoms with Crippen LogP contribution >= 0.6 is 11.6 Å². The van der Waals surface area contributed by atoms with Crippen molar-refractivity contribution in [2.75, 3.05) is 17.4 Å². The van der Waals surface area contributed by atoms with Gasteiger partial charge in [-0.25, -0.2) is 8.42 Å². The van der Waals surface area contributed by atoms with E-state index in [1.807, 2.05) is 45.0 Å². The van der Waals surface area contributed by atoms with Crippen molar-refractivity contribution in [2.24, 2.45) is 5.92 Å². The minimum absolute atomic E-state index is 0.0463. The average molecular weight is 570 g/mol. The maximum Gasteiger partial charge on any atom is 0.264 e. The van der Waals surface area contributed by atoms with E-state index in [-0.39, 0.29) is 23.3 Å². The molecule has 0 fully saturated rings. The minimum atomic E-state index is -4.14. The Kier molecular flexibility index (Phi) is 10.2. The van der Waals surface area contributed by atoms with Gasteiger partial charge in [0, 0.05) is 18.1 Å². The number of rotatable bonds is 11. The summed E-state index contributed by atoms with van der Waals surface area (Å²) in [6, 6.07) is 19.7. The first-order valence-corrected chi connectivity index (χ1v) is 14.7. The molecule has 0 aliphatic rings. The summed E-state index contributed by atoms with van der Waals surface area (Å²) in [7, 11) is -4.14. The molecule has 2 amide bonds. The first kappa shape index (κ1) is 30.2. The first-order chi connectivity index (χ1) is 18.4. The van der Waals surface area contributed by atoms with Gasteiger partial charge in [0.1, 0.15) is 12.6 Å². The SMILES string of the molecule is Cc1ccc(CN(C(=O)CN(c2cc(Cl)ccc2C)S(=O)(=O)c2ccccc2)[C@@H](C)C(=O)NCC(C)C)cc1. The number of benzene rings is 3. The van der Waals surface area contributed by atoms with Gasteiger partial charge in [-0.15, -0.1) is 0 Å². The fraction of sp³-hybridized carbons (Fsp3) is 0.333. The number of sulfonamides is 1. The van der Waals surface area contributed by atoms with Crippen molar-refractivity contribution in [3.8, 4) is 0 Å². The molecule has 0 saturated heterocycles. The predicted octanol–water partition coefficient (Wildman–Crippen LogP) is 5.34. The molecule has 1 atom stereocenters. The summed E-state index contributed by atoms with van der Waals surface area (Å²) < 4.78 is 28.8. The number of nitrogens with zero attached hydrogens (tertiary/aromatic N) is 2. The van der Waals surface area contributed by atoms with Crippen LogP contribution in [-0.2, 0) is 26.2 Å². The molecule has 0 aromatic heterocycles. The van der Waals surface area contributed by atoms with E-state index in [2.05, 4.69) is 5.32 Å². The van der Waals surface area contributed by atoms with Gasteiger partial charge in [0.25, 0.3) is 10.0 Å². The summed E-state index contributed by atoms with van der Waals surface area (Å²) in [4.78, 5) is 28.5. The van der Waals surface area contributed by atoms with E-state index < -0.39 is 28.5 Å².